The van der Waals surface area contributed by atoms with Crippen LogP contribution in [-0.2, 0) is 0 Å². The molecule has 0 spiro atoms. The van der Waals surface area contributed by atoms with Crippen molar-refractivity contribution in [2.45, 2.75) is 57.7 Å². The van der Waals surface area contributed by atoms with E-state index >= 15 is 0 Å². The predicted octanol–water partition coefficient (Wildman–Crippen LogP) is 4.99. The van der Waals surface area contributed by atoms with Crippen LogP contribution in [0.25, 0.3) is 33.5 Å². The van der Waals surface area contributed by atoms with E-state index in [4.69, 9.17) is 4.74 Å². The number of ether oxygens (including phenoxy) is 1. The number of fused-ring (bicyclic) bond motifs is 1. The van der Waals surface area contributed by atoms with E-state index < -0.39 is 0 Å². The van der Waals surface area contributed by atoms with Gasteiger partial charge in [-0.2, -0.15) is 0 Å². The molecule has 2 N–H and O–H groups in total. The summed E-state index contributed by atoms with van der Waals surface area (Å²) in [5.74, 6) is 0.622. The highest BCUT2D eigenvalue weighted by molar-refractivity contribution is 5.85. The topological polar surface area (TPSA) is 111 Å². The molecule has 0 unspecified atom stereocenters. The zero-order valence-corrected chi connectivity index (χ0v) is 22.5. The fraction of sp³-hybridized carbons (Fsp3) is 0.400. The van der Waals surface area contributed by atoms with Crippen molar-refractivity contribution < 1.29 is 9.84 Å². The lowest BCUT2D eigenvalue weighted by molar-refractivity contribution is 0.127. The first-order chi connectivity index (χ1) is 16.1. The minimum atomic E-state index is -0.0234. The maximum Gasteiger partial charge on any atom is 0.213 e. The van der Waals surface area contributed by atoms with Crippen LogP contribution in [0.4, 0.5) is 0 Å². The largest absolute Gasteiger partial charge is 0.507 e. The first-order valence-corrected chi connectivity index (χ1v) is 11.4. The normalized spacial score (nSPS) is 16.7. The molecule has 0 saturated carbocycles. The van der Waals surface area contributed by atoms with Crippen LogP contribution in [0.2, 0.25) is 0 Å². The SMILES string of the molecule is COc1cc(-c2ccc(-c3cc4nnn(C5CC(C)(C)NC(C)(C)C5)c4nn3)c(O)c2)ccn1.Cl.Cl. The second kappa shape index (κ2) is 10.2. The van der Waals surface area contributed by atoms with E-state index in [1.165, 1.54) is 0 Å². The molecule has 9 nitrogen and oxygen atoms in total. The number of nitrogens with zero attached hydrogens (tertiary/aromatic N) is 6. The van der Waals surface area contributed by atoms with Crippen LogP contribution in [0.3, 0.4) is 0 Å². The summed E-state index contributed by atoms with van der Waals surface area (Å²) >= 11 is 0. The minimum Gasteiger partial charge on any atom is -0.507 e. The third-order valence-electron chi connectivity index (χ3n) is 6.29. The molecule has 36 heavy (non-hydrogen) atoms. The molecule has 1 aromatic carbocycles. The summed E-state index contributed by atoms with van der Waals surface area (Å²) in [7, 11) is 1.57. The van der Waals surface area contributed by atoms with Gasteiger partial charge in [0, 0.05) is 28.9 Å². The Kier molecular flexibility index (Phi) is 7.78. The molecule has 4 aromatic rings. The van der Waals surface area contributed by atoms with Gasteiger partial charge in [0.1, 0.15) is 11.3 Å². The summed E-state index contributed by atoms with van der Waals surface area (Å²) in [6, 6.07) is 11.1. The minimum absolute atomic E-state index is 0. The third-order valence-corrected chi connectivity index (χ3v) is 6.29. The van der Waals surface area contributed by atoms with Crippen molar-refractivity contribution in [3.63, 3.8) is 0 Å². The van der Waals surface area contributed by atoms with Gasteiger partial charge >= 0.3 is 0 Å². The Morgan fingerprint density at radius 1 is 0.944 bits per heavy atom. The smallest absolute Gasteiger partial charge is 0.213 e. The molecule has 0 atom stereocenters. The monoisotopic (exact) mass is 531 g/mol. The molecule has 3 aromatic heterocycles. The maximum atomic E-state index is 10.8. The number of nitrogens with one attached hydrogen (secondary N) is 1. The molecule has 1 fully saturated rings. The molecule has 0 radical (unpaired) electrons. The van der Waals surface area contributed by atoms with Crippen molar-refractivity contribution >= 4 is 36.0 Å². The van der Waals surface area contributed by atoms with E-state index in [0.29, 0.717) is 28.3 Å². The van der Waals surface area contributed by atoms with Gasteiger partial charge in [-0.3, -0.25) is 0 Å². The van der Waals surface area contributed by atoms with Gasteiger partial charge in [0.2, 0.25) is 11.5 Å². The van der Waals surface area contributed by atoms with Gasteiger partial charge in [-0.05, 0) is 75.9 Å². The number of aromatic hydroxyl groups is 1. The van der Waals surface area contributed by atoms with Crippen molar-refractivity contribution in [1.82, 2.24) is 35.5 Å². The fourth-order valence-electron chi connectivity index (χ4n) is 5.20. The molecular formula is C25H31Cl2N7O2. The van der Waals surface area contributed by atoms with Gasteiger partial charge in [-0.25, -0.2) is 9.67 Å². The Balaban J connectivity index is 0.00000180. The van der Waals surface area contributed by atoms with E-state index in [1.54, 1.807) is 19.4 Å². The highest BCUT2D eigenvalue weighted by Gasteiger charge is 2.39. The number of pyridine rings is 1. The van der Waals surface area contributed by atoms with E-state index in [0.717, 1.165) is 24.0 Å². The average Bonchev–Trinajstić information content (AvgIpc) is 3.20. The Hall–Kier alpha value is -3.01. The number of hydrogen-bond acceptors (Lipinski definition) is 8. The number of phenolic OH excluding ortho intramolecular Hbond substituents is 1. The number of halogens is 2. The van der Waals surface area contributed by atoms with Crippen molar-refractivity contribution in [2.24, 2.45) is 0 Å². The van der Waals surface area contributed by atoms with Gasteiger partial charge in [0.25, 0.3) is 0 Å². The molecular weight excluding hydrogens is 501 g/mol. The zero-order valence-electron chi connectivity index (χ0n) is 20.9. The predicted molar refractivity (Wildman–Crippen MR) is 144 cm³/mol. The molecule has 192 valence electrons. The van der Waals surface area contributed by atoms with Crippen LogP contribution >= 0.6 is 24.8 Å². The van der Waals surface area contributed by atoms with Crippen molar-refractivity contribution in [3.05, 3.63) is 42.6 Å². The Bertz CT molecular complexity index is 1360. The van der Waals surface area contributed by atoms with E-state index in [-0.39, 0.29) is 47.7 Å². The highest BCUT2D eigenvalue weighted by atomic mass is 35.5. The van der Waals surface area contributed by atoms with Crippen LogP contribution in [0.5, 0.6) is 11.6 Å². The Morgan fingerprint density at radius 3 is 2.31 bits per heavy atom. The highest BCUT2D eigenvalue weighted by Crippen LogP contribution is 2.37. The molecule has 1 saturated heterocycles. The van der Waals surface area contributed by atoms with Gasteiger partial charge in [-0.1, -0.05) is 11.3 Å². The number of phenols is 1. The summed E-state index contributed by atoms with van der Waals surface area (Å²) in [5, 5.41) is 32.1. The lowest BCUT2D eigenvalue weighted by Crippen LogP contribution is -2.58. The van der Waals surface area contributed by atoms with Crippen LogP contribution < -0.4 is 10.1 Å². The summed E-state index contributed by atoms with van der Waals surface area (Å²) in [6.45, 7) is 8.83. The van der Waals surface area contributed by atoms with E-state index in [1.807, 2.05) is 35.0 Å². The molecule has 0 bridgehead atoms. The molecule has 1 aliphatic rings. The fourth-order valence-corrected chi connectivity index (χ4v) is 5.20. The Morgan fingerprint density at radius 2 is 1.64 bits per heavy atom. The standard InChI is InChI=1S/C25H29N7O2.2ClH/c1-24(2)13-17(14-25(3,4)30-24)32-23-20(28-31-32)12-19(27-29-23)18-7-6-15(10-21(18)33)16-8-9-26-22(11-16)34-5;;/h6-12,17,30,33H,13-14H2,1-5H3;2*1H. The lowest BCUT2D eigenvalue weighted by Gasteiger charge is -2.46. The second-order valence-corrected chi connectivity index (χ2v) is 10.2. The van der Waals surface area contributed by atoms with Crippen LogP contribution in [-0.4, -0.2) is 53.5 Å². The molecule has 1 aliphatic heterocycles. The molecule has 4 heterocycles. The van der Waals surface area contributed by atoms with Crippen molar-refractivity contribution in [2.75, 3.05) is 7.11 Å². The molecule has 0 aliphatic carbocycles. The van der Waals surface area contributed by atoms with Gasteiger partial charge in [0.15, 0.2) is 0 Å². The van der Waals surface area contributed by atoms with Crippen LogP contribution in [0, 0.1) is 0 Å². The van der Waals surface area contributed by atoms with Crippen LogP contribution in [0.15, 0.2) is 42.6 Å². The number of methoxy groups -OCH3 is 1. The Labute approximate surface area is 222 Å². The summed E-state index contributed by atoms with van der Waals surface area (Å²) in [4.78, 5) is 4.13. The van der Waals surface area contributed by atoms with E-state index in [9.17, 15) is 5.11 Å². The number of piperidine rings is 1. The molecule has 11 heteroatoms. The number of aromatic nitrogens is 6. The summed E-state index contributed by atoms with van der Waals surface area (Å²) < 4.78 is 7.10. The third kappa shape index (κ3) is 5.38. The van der Waals surface area contributed by atoms with Gasteiger partial charge < -0.3 is 15.2 Å². The first-order valence-electron chi connectivity index (χ1n) is 11.4. The van der Waals surface area contributed by atoms with Gasteiger partial charge in [0.05, 0.1) is 18.8 Å². The maximum absolute atomic E-state index is 10.8. The average molecular weight is 532 g/mol. The zero-order chi connectivity index (χ0) is 24.1. The molecule has 5 rings (SSSR count). The van der Waals surface area contributed by atoms with Crippen LogP contribution in [0.1, 0.15) is 46.6 Å². The van der Waals surface area contributed by atoms with E-state index in [2.05, 4.69) is 58.5 Å². The van der Waals surface area contributed by atoms with Crippen molar-refractivity contribution in [3.8, 4) is 34.0 Å². The molecule has 0 amide bonds. The first kappa shape index (κ1) is 27.6. The number of hydrogen-bond donors (Lipinski definition) is 2. The quantitative estimate of drug-likeness (QED) is 0.378. The van der Waals surface area contributed by atoms with Crippen molar-refractivity contribution in [1.29, 1.82) is 0 Å². The number of benzene rings is 1. The van der Waals surface area contributed by atoms with Gasteiger partial charge in [-0.15, -0.1) is 40.1 Å². The summed E-state index contributed by atoms with van der Waals surface area (Å²) in [5.41, 5.74) is 4.13. The second-order valence-electron chi connectivity index (χ2n) is 10.2. The lowest BCUT2D eigenvalue weighted by atomic mass is 9.80. The summed E-state index contributed by atoms with van der Waals surface area (Å²) in [6.07, 6.45) is 3.51. The number of rotatable bonds is 4.